The van der Waals surface area contributed by atoms with Gasteiger partial charge in [-0.3, -0.25) is 0 Å². The molecule has 0 aliphatic carbocycles. The van der Waals surface area contributed by atoms with Crippen molar-refractivity contribution in [1.29, 1.82) is 0 Å². The Morgan fingerprint density at radius 3 is 2.62 bits per heavy atom. The molecule has 5 heteroatoms. The van der Waals surface area contributed by atoms with Gasteiger partial charge in [0.15, 0.2) is 5.60 Å². The van der Waals surface area contributed by atoms with E-state index in [2.05, 4.69) is 29.2 Å². The molecule has 1 fully saturated rings. The van der Waals surface area contributed by atoms with Gasteiger partial charge in [-0.1, -0.05) is 36.4 Å². The van der Waals surface area contributed by atoms with Gasteiger partial charge in [-0.05, 0) is 58.6 Å². The molecule has 2 aliphatic rings. The van der Waals surface area contributed by atoms with Crippen molar-refractivity contribution >= 4 is 33.9 Å². The molecule has 0 N–H and O–H groups in total. The number of halogens is 1. The molecular weight excluding hydrogens is 421 g/mol. The Balaban J connectivity index is 1.47. The van der Waals surface area contributed by atoms with Crippen LogP contribution in [-0.2, 0) is 10.3 Å². The van der Waals surface area contributed by atoms with Crippen molar-refractivity contribution in [3.05, 3.63) is 100 Å². The highest BCUT2D eigenvalue weighted by Gasteiger charge is 2.40. The summed E-state index contributed by atoms with van der Waals surface area (Å²) < 4.78 is 27.8. The molecule has 2 aliphatic heterocycles. The Morgan fingerprint density at radius 1 is 0.938 bits per heavy atom. The van der Waals surface area contributed by atoms with Crippen molar-refractivity contribution < 1.29 is 13.9 Å². The van der Waals surface area contributed by atoms with E-state index in [4.69, 9.17) is 9.47 Å². The van der Waals surface area contributed by atoms with Crippen molar-refractivity contribution in [2.45, 2.75) is 5.60 Å². The first kappa shape index (κ1) is 19.5. The van der Waals surface area contributed by atoms with Crippen LogP contribution in [0.1, 0.15) is 16.0 Å². The van der Waals surface area contributed by atoms with E-state index in [9.17, 15) is 0 Å². The summed E-state index contributed by atoms with van der Waals surface area (Å²) in [7, 11) is 0. The molecule has 3 aromatic carbocycles. The van der Waals surface area contributed by atoms with E-state index in [1.807, 2.05) is 53.9 Å². The van der Waals surface area contributed by atoms with Crippen LogP contribution in [0, 0.1) is 5.82 Å². The van der Waals surface area contributed by atoms with Crippen LogP contribution in [-0.4, -0.2) is 26.3 Å². The summed E-state index contributed by atoms with van der Waals surface area (Å²) in [6.07, 6.45) is 4.08. The lowest BCUT2D eigenvalue weighted by Gasteiger charge is -2.36. The number of rotatable bonds is 3. The molecule has 160 valence electrons. The number of thiophene rings is 1. The molecule has 32 heavy (non-hydrogen) atoms. The first-order chi connectivity index (χ1) is 15.7. The van der Waals surface area contributed by atoms with E-state index in [-0.39, 0.29) is 5.82 Å². The van der Waals surface area contributed by atoms with Crippen LogP contribution in [0.15, 0.2) is 78.2 Å². The SMILES string of the molecule is Fc1cc(N2CCOCC2)ccc1C1(c2cccs2)C=Cc2c(ccc3ccccc23)O1. The fourth-order valence-electron chi connectivity index (χ4n) is 4.67. The third kappa shape index (κ3) is 3.12. The van der Waals surface area contributed by atoms with Crippen molar-refractivity contribution in [2.75, 3.05) is 31.2 Å². The molecule has 3 nitrogen and oxygen atoms in total. The Kier molecular flexibility index (Phi) is 4.74. The number of hydrogen-bond donors (Lipinski definition) is 0. The predicted molar refractivity (Wildman–Crippen MR) is 128 cm³/mol. The molecule has 1 unspecified atom stereocenters. The molecule has 0 radical (unpaired) electrons. The molecule has 0 saturated carbocycles. The average molecular weight is 444 g/mol. The van der Waals surface area contributed by atoms with Gasteiger partial charge in [-0.15, -0.1) is 11.3 Å². The second-order valence-electron chi connectivity index (χ2n) is 8.11. The summed E-state index contributed by atoms with van der Waals surface area (Å²) in [6, 6.07) is 21.8. The number of ether oxygens (including phenoxy) is 2. The molecule has 1 atom stereocenters. The standard InChI is InChI=1S/C27H22FNO2S/c28-24-18-20(29-13-15-30-16-14-29)8-9-23(24)27(26-6-3-17-32-26)12-11-22-21-5-2-1-4-19(21)7-10-25(22)31-27/h1-12,17-18H,13-16H2. The van der Waals surface area contributed by atoms with Crippen LogP contribution in [0.3, 0.4) is 0 Å². The van der Waals surface area contributed by atoms with Gasteiger partial charge in [0.1, 0.15) is 11.6 Å². The molecule has 0 bridgehead atoms. The van der Waals surface area contributed by atoms with Gasteiger partial charge >= 0.3 is 0 Å². The highest BCUT2D eigenvalue weighted by molar-refractivity contribution is 7.10. The second kappa shape index (κ2) is 7.76. The van der Waals surface area contributed by atoms with Gasteiger partial charge in [-0.2, -0.15) is 0 Å². The first-order valence-electron chi connectivity index (χ1n) is 10.8. The highest BCUT2D eigenvalue weighted by Crippen LogP contribution is 2.46. The normalized spacial score (nSPS) is 20.2. The van der Waals surface area contributed by atoms with Crippen molar-refractivity contribution in [3.63, 3.8) is 0 Å². The van der Waals surface area contributed by atoms with Crippen molar-refractivity contribution in [3.8, 4) is 5.75 Å². The van der Waals surface area contributed by atoms with E-state index < -0.39 is 5.60 Å². The predicted octanol–water partition coefficient (Wildman–Crippen LogP) is 6.23. The summed E-state index contributed by atoms with van der Waals surface area (Å²) in [5, 5.41) is 4.29. The van der Waals surface area contributed by atoms with E-state index in [0.29, 0.717) is 18.8 Å². The van der Waals surface area contributed by atoms with E-state index in [1.54, 1.807) is 17.4 Å². The summed E-state index contributed by atoms with van der Waals surface area (Å²) in [6.45, 7) is 2.87. The average Bonchev–Trinajstić information content (AvgIpc) is 3.40. The zero-order chi connectivity index (χ0) is 21.5. The van der Waals surface area contributed by atoms with Crippen molar-refractivity contribution in [2.24, 2.45) is 0 Å². The molecule has 0 spiro atoms. The lowest BCUT2D eigenvalue weighted by atomic mass is 9.87. The number of fused-ring (bicyclic) bond motifs is 3. The summed E-state index contributed by atoms with van der Waals surface area (Å²) >= 11 is 1.57. The third-order valence-electron chi connectivity index (χ3n) is 6.30. The maximum atomic E-state index is 15.7. The molecular formula is C27H22FNO2S. The van der Waals surface area contributed by atoms with Gasteiger partial charge in [0.2, 0.25) is 0 Å². The Hall–Kier alpha value is -3.15. The number of benzene rings is 3. The summed E-state index contributed by atoms with van der Waals surface area (Å²) in [4.78, 5) is 3.11. The number of morpholine rings is 1. The smallest absolute Gasteiger partial charge is 0.189 e. The topological polar surface area (TPSA) is 21.7 Å². The van der Waals surface area contributed by atoms with Crippen LogP contribution in [0.25, 0.3) is 16.8 Å². The minimum atomic E-state index is -1.00. The zero-order valence-corrected chi connectivity index (χ0v) is 18.3. The van der Waals surface area contributed by atoms with Crippen LogP contribution >= 0.6 is 11.3 Å². The maximum absolute atomic E-state index is 15.7. The van der Waals surface area contributed by atoms with Crippen molar-refractivity contribution in [1.82, 2.24) is 0 Å². The number of nitrogens with zero attached hydrogens (tertiary/aromatic N) is 1. The van der Waals surface area contributed by atoms with Crippen LogP contribution < -0.4 is 9.64 Å². The molecule has 4 aromatic rings. The van der Waals surface area contributed by atoms with Gasteiger partial charge in [0.25, 0.3) is 0 Å². The quantitative estimate of drug-likeness (QED) is 0.375. The van der Waals surface area contributed by atoms with E-state index in [1.165, 1.54) is 0 Å². The fourth-order valence-corrected chi connectivity index (χ4v) is 5.52. The number of anilines is 1. The largest absolute Gasteiger partial charge is 0.472 e. The fraction of sp³-hybridized carbons (Fsp3) is 0.185. The lowest BCUT2D eigenvalue weighted by molar-refractivity contribution is 0.122. The monoisotopic (exact) mass is 443 g/mol. The number of hydrogen-bond acceptors (Lipinski definition) is 4. The third-order valence-corrected chi connectivity index (χ3v) is 7.29. The minimum Gasteiger partial charge on any atom is -0.472 e. The molecule has 6 rings (SSSR count). The minimum absolute atomic E-state index is 0.267. The highest BCUT2D eigenvalue weighted by atomic mass is 32.1. The van der Waals surface area contributed by atoms with E-state index >= 15 is 4.39 Å². The van der Waals surface area contributed by atoms with Crippen LogP contribution in [0.5, 0.6) is 5.75 Å². The second-order valence-corrected chi connectivity index (χ2v) is 9.06. The summed E-state index contributed by atoms with van der Waals surface area (Å²) in [5.74, 6) is 0.493. The lowest BCUT2D eigenvalue weighted by Crippen LogP contribution is -2.37. The van der Waals surface area contributed by atoms with Gasteiger partial charge in [0, 0.05) is 29.9 Å². The Labute approximate surface area is 190 Å². The molecule has 0 amide bonds. The first-order valence-corrected chi connectivity index (χ1v) is 11.7. The zero-order valence-electron chi connectivity index (χ0n) is 17.5. The van der Waals surface area contributed by atoms with Gasteiger partial charge < -0.3 is 14.4 Å². The van der Waals surface area contributed by atoms with Gasteiger partial charge in [0.05, 0.1) is 18.1 Å². The molecule has 1 aromatic heterocycles. The Bertz CT molecular complexity index is 1310. The maximum Gasteiger partial charge on any atom is 0.189 e. The Morgan fingerprint density at radius 2 is 1.81 bits per heavy atom. The molecule has 1 saturated heterocycles. The van der Waals surface area contributed by atoms with Crippen LogP contribution in [0.4, 0.5) is 10.1 Å². The molecule has 3 heterocycles. The van der Waals surface area contributed by atoms with Gasteiger partial charge in [-0.25, -0.2) is 4.39 Å². The van der Waals surface area contributed by atoms with E-state index in [0.717, 1.165) is 45.7 Å². The van der Waals surface area contributed by atoms with Crippen LogP contribution in [0.2, 0.25) is 0 Å². The summed E-state index contributed by atoms with van der Waals surface area (Å²) in [5.41, 5.74) is 1.42.